The van der Waals surface area contributed by atoms with Gasteiger partial charge in [0.2, 0.25) is 11.8 Å². The predicted octanol–water partition coefficient (Wildman–Crippen LogP) is 2.10. The number of carbonyl (C=O) groups is 1. The Bertz CT molecular complexity index is 821. The van der Waals surface area contributed by atoms with E-state index in [0.717, 1.165) is 10.9 Å². The molecular formula is C16H19N5O2. The molecule has 3 rings (SSSR count). The highest BCUT2D eigenvalue weighted by Crippen LogP contribution is 2.23. The van der Waals surface area contributed by atoms with Crippen molar-refractivity contribution >= 4 is 22.5 Å². The van der Waals surface area contributed by atoms with Crippen LogP contribution in [0.15, 0.2) is 36.7 Å². The van der Waals surface area contributed by atoms with Crippen LogP contribution in [0.4, 0.5) is 5.69 Å². The normalized spacial score (nSPS) is 10.9. The first-order chi connectivity index (χ1) is 11.1. The smallest absolute Gasteiger partial charge is 0.240 e. The molecule has 0 aliphatic heterocycles. The van der Waals surface area contributed by atoms with E-state index in [4.69, 9.17) is 4.74 Å². The molecule has 0 radical (unpaired) electrons. The van der Waals surface area contributed by atoms with Crippen molar-refractivity contribution < 1.29 is 9.53 Å². The van der Waals surface area contributed by atoms with Crippen molar-refractivity contribution in [2.75, 3.05) is 11.9 Å². The number of fused-ring (bicyclic) bond motifs is 1. The Balaban J connectivity index is 1.48. The van der Waals surface area contributed by atoms with E-state index >= 15 is 0 Å². The molecule has 1 amide bonds. The Morgan fingerprint density at radius 2 is 2.13 bits per heavy atom. The predicted molar refractivity (Wildman–Crippen MR) is 87.3 cm³/mol. The largest absolute Gasteiger partial charge is 0.476 e. The summed E-state index contributed by atoms with van der Waals surface area (Å²) >= 11 is 0. The average molecular weight is 313 g/mol. The molecule has 1 aromatic carbocycles. The van der Waals surface area contributed by atoms with Crippen molar-refractivity contribution in [2.24, 2.45) is 14.1 Å². The highest BCUT2D eigenvalue weighted by atomic mass is 16.5. The molecule has 0 spiro atoms. The SMILES string of the molecule is Cn1cc(NC(=O)CCCOc2nn(C)c3ccccc23)cn1. The Labute approximate surface area is 133 Å². The summed E-state index contributed by atoms with van der Waals surface area (Å²) in [5.41, 5.74) is 1.73. The van der Waals surface area contributed by atoms with Gasteiger partial charge in [-0.05, 0) is 18.6 Å². The van der Waals surface area contributed by atoms with E-state index in [-0.39, 0.29) is 5.91 Å². The molecule has 0 aliphatic rings. The fraction of sp³-hybridized carbons (Fsp3) is 0.312. The average Bonchev–Trinajstić information content (AvgIpc) is 3.08. The number of nitrogens with one attached hydrogen (secondary N) is 1. The summed E-state index contributed by atoms with van der Waals surface area (Å²) in [7, 11) is 3.69. The van der Waals surface area contributed by atoms with Crippen LogP contribution in [-0.4, -0.2) is 32.1 Å². The molecule has 1 N–H and O–H groups in total. The Kier molecular flexibility index (Phi) is 4.27. The van der Waals surface area contributed by atoms with Gasteiger partial charge in [0, 0.05) is 26.7 Å². The zero-order valence-corrected chi connectivity index (χ0v) is 13.2. The quantitative estimate of drug-likeness (QED) is 0.707. The minimum absolute atomic E-state index is 0.0486. The third-order valence-corrected chi connectivity index (χ3v) is 3.50. The molecule has 3 aromatic rings. The van der Waals surface area contributed by atoms with Crippen LogP contribution >= 0.6 is 0 Å². The highest BCUT2D eigenvalue weighted by molar-refractivity contribution is 5.90. The van der Waals surface area contributed by atoms with Crippen molar-refractivity contribution in [2.45, 2.75) is 12.8 Å². The zero-order valence-electron chi connectivity index (χ0n) is 13.2. The molecule has 0 fully saturated rings. The van der Waals surface area contributed by atoms with Gasteiger partial charge < -0.3 is 10.1 Å². The summed E-state index contributed by atoms with van der Waals surface area (Å²) < 4.78 is 9.15. The summed E-state index contributed by atoms with van der Waals surface area (Å²) in [6.45, 7) is 0.446. The second-order valence-electron chi connectivity index (χ2n) is 5.35. The van der Waals surface area contributed by atoms with Crippen molar-refractivity contribution in [3.05, 3.63) is 36.7 Å². The maximum absolute atomic E-state index is 11.8. The van der Waals surface area contributed by atoms with E-state index < -0.39 is 0 Å². The molecule has 0 atom stereocenters. The van der Waals surface area contributed by atoms with E-state index in [1.54, 1.807) is 28.8 Å². The number of anilines is 1. The zero-order chi connectivity index (χ0) is 16.2. The number of nitrogens with zero attached hydrogens (tertiary/aromatic N) is 4. The van der Waals surface area contributed by atoms with Crippen molar-refractivity contribution in [1.29, 1.82) is 0 Å². The van der Waals surface area contributed by atoms with Gasteiger partial charge in [-0.15, -0.1) is 5.10 Å². The Morgan fingerprint density at radius 1 is 1.30 bits per heavy atom. The number of amides is 1. The number of benzene rings is 1. The van der Waals surface area contributed by atoms with Crippen LogP contribution in [0.2, 0.25) is 0 Å². The van der Waals surface area contributed by atoms with Crippen LogP contribution in [0.1, 0.15) is 12.8 Å². The van der Waals surface area contributed by atoms with Gasteiger partial charge in [0.1, 0.15) is 0 Å². The van der Waals surface area contributed by atoms with E-state index in [1.165, 1.54) is 0 Å². The van der Waals surface area contributed by atoms with E-state index in [1.807, 2.05) is 31.3 Å². The Hall–Kier alpha value is -2.83. The van der Waals surface area contributed by atoms with E-state index in [0.29, 0.717) is 31.0 Å². The number of hydrogen-bond donors (Lipinski definition) is 1. The lowest BCUT2D eigenvalue weighted by atomic mass is 10.2. The highest BCUT2D eigenvalue weighted by Gasteiger charge is 2.09. The molecule has 23 heavy (non-hydrogen) atoms. The lowest BCUT2D eigenvalue weighted by Gasteiger charge is -2.04. The second-order valence-corrected chi connectivity index (χ2v) is 5.35. The summed E-state index contributed by atoms with van der Waals surface area (Å²) in [5.74, 6) is 0.559. The van der Waals surface area contributed by atoms with Gasteiger partial charge in [0.05, 0.1) is 29.4 Å². The van der Waals surface area contributed by atoms with Crippen LogP contribution in [-0.2, 0) is 18.9 Å². The molecule has 0 aliphatic carbocycles. The van der Waals surface area contributed by atoms with Crippen LogP contribution in [0.5, 0.6) is 5.88 Å². The number of rotatable bonds is 6. The fourth-order valence-corrected chi connectivity index (χ4v) is 2.40. The lowest BCUT2D eigenvalue weighted by molar-refractivity contribution is -0.116. The number of aromatic nitrogens is 4. The number of aryl methyl sites for hydroxylation is 2. The van der Waals surface area contributed by atoms with E-state index in [2.05, 4.69) is 15.5 Å². The molecule has 120 valence electrons. The first-order valence-electron chi connectivity index (χ1n) is 7.46. The Morgan fingerprint density at radius 3 is 2.91 bits per heavy atom. The topological polar surface area (TPSA) is 74.0 Å². The van der Waals surface area contributed by atoms with Crippen LogP contribution in [0, 0.1) is 0 Å². The molecule has 0 unspecified atom stereocenters. The third-order valence-electron chi connectivity index (χ3n) is 3.50. The molecule has 2 aromatic heterocycles. The van der Waals surface area contributed by atoms with Crippen molar-refractivity contribution in [1.82, 2.24) is 19.6 Å². The summed E-state index contributed by atoms with van der Waals surface area (Å²) in [6.07, 6.45) is 4.39. The maximum atomic E-state index is 11.8. The van der Waals surface area contributed by atoms with Gasteiger partial charge in [0.15, 0.2) is 0 Å². The standard InChI is InChI=1S/C16H19N5O2/c1-20-11-12(10-17-20)18-15(22)8-5-9-23-16-13-6-3-4-7-14(13)21(2)19-16/h3-4,6-7,10-11H,5,8-9H2,1-2H3,(H,18,22). The fourth-order valence-electron chi connectivity index (χ4n) is 2.40. The van der Waals surface area contributed by atoms with Crippen LogP contribution in [0.25, 0.3) is 10.9 Å². The van der Waals surface area contributed by atoms with Gasteiger partial charge >= 0.3 is 0 Å². The molecule has 0 bridgehead atoms. The molecule has 0 saturated heterocycles. The molecule has 2 heterocycles. The van der Waals surface area contributed by atoms with Gasteiger partial charge in [-0.25, -0.2) is 0 Å². The summed E-state index contributed by atoms with van der Waals surface area (Å²) in [5, 5.41) is 12.1. The second kappa shape index (κ2) is 6.51. The minimum atomic E-state index is -0.0486. The molecule has 7 heteroatoms. The number of para-hydroxylation sites is 1. The van der Waals surface area contributed by atoms with Gasteiger partial charge in [-0.3, -0.25) is 14.2 Å². The van der Waals surface area contributed by atoms with Crippen molar-refractivity contribution in [3.8, 4) is 5.88 Å². The number of hydrogen-bond acceptors (Lipinski definition) is 4. The molecule has 7 nitrogen and oxygen atoms in total. The number of ether oxygens (including phenoxy) is 1. The van der Waals surface area contributed by atoms with Gasteiger partial charge in [-0.2, -0.15) is 5.10 Å². The van der Waals surface area contributed by atoms with Gasteiger partial charge in [0.25, 0.3) is 0 Å². The summed E-state index contributed by atoms with van der Waals surface area (Å²) in [6, 6.07) is 7.90. The lowest BCUT2D eigenvalue weighted by Crippen LogP contribution is -2.12. The first-order valence-corrected chi connectivity index (χ1v) is 7.46. The van der Waals surface area contributed by atoms with Crippen LogP contribution < -0.4 is 10.1 Å². The first kappa shape index (κ1) is 15.1. The summed E-state index contributed by atoms with van der Waals surface area (Å²) in [4.78, 5) is 11.8. The maximum Gasteiger partial charge on any atom is 0.240 e. The third kappa shape index (κ3) is 3.50. The van der Waals surface area contributed by atoms with Gasteiger partial charge in [-0.1, -0.05) is 12.1 Å². The van der Waals surface area contributed by atoms with E-state index in [9.17, 15) is 4.79 Å². The monoisotopic (exact) mass is 313 g/mol. The molecule has 0 saturated carbocycles. The number of carbonyl (C=O) groups excluding carboxylic acids is 1. The van der Waals surface area contributed by atoms with Crippen molar-refractivity contribution in [3.63, 3.8) is 0 Å². The minimum Gasteiger partial charge on any atom is -0.476 e. The van der Waals surface area contributed by atoms with Crippen LogP contribution in [0.3, 0.4) is 0 Å². The molecular weight excluding hydrogens is 294 g/mol.